The maximum Gasteiger partial charge on any atom is 0.433 e. The van der Waals surface area contributed by atoms with Crippen LogP contribution in [0.2, 0.25) is 0 Å². The number of rotatable bonds is 5. The second-order valence-corrected chi connectivity index (χ2v) is 5.72. The van der Waals surface area contributed by atoms with Gasteiger partial charge in [-0.15, -0.1) is 0 Å². The molecule has 1 amide bonds. The highest BCUT2D eigenvalue weighted by Crippen LogP contribution is 2.18. The fourth-order valence-corrected chi connectivity index (χ4v) is 2.34. The van der Waals surface area contributed by atoms with E-state index in [4.69, 9.17) is 4.74 Å². The number of esters is 1. The number of hydrogen-bond acceptors (Lipinski definition) is 6. The molecule has 0 radical (unpaired) electrons. The topological polar surface area (TPSA) is 112 Å². The van der Waals surface area contributed by atoms with E-state index >= 15 is 0 Å². The van der Waals surface area contributed by atoms with Gasteiger partial charge in [-0.3, -0.25) is 14.9 Å². The van der Waals surface area contributed by atoms with E-state index in [9.17, 15) is 19.7 Å². The van der Waals surface area contributed by atoms with Crippen LogP contribution in [-0.4, -0.2) is 23.4 Å². The number of amides is 1. The van der Waals surface area contributed by atoms with Gasteiger partial charge in [0, 0.05) is 9.26 Å². The number of ether oxygens (including phenoxy) is 1. The summed E-state index contributed by atoms with van der Waals surface area (Å²) in [6.45, 7) is 1.31. The van der Waals surface area contributed by atoms with Crippen molar-refractivity contribution in [2.45, 2.75) is 6.92 Å². The summed E-state index contributed by atoms with van der Waals surface area (Å²) >= 11 is 2.15. The summed E-state index contributed by atoms with van der Waals surface area (Å²) in [5, 5.41) is 13.1. The fourth-order valence-electron chi connectivity index (χ4n) is 1.69. The van der Waals surface area contributed by atoms with Crippen molar-refractivity contribution in [1.82, 2.24) is 0 Å². The van der Waals surface area contributed by atoms with Gasteiger partial charge in [-0.1, -0.05) is 0 Å². The molecule has 2 aromatic rings. The fraction of sp³-hybridized carbons (Fsp3) is 0.143. The summed E-state index contributed by atoms with van der Waals surface area (Å²) < 4.78 is 10.5. The number of nitrogens with zero attached hydrogens (tertiary/aromatic N) is 1. The Kier molecular flexibility index (Phi) is 5.32. The van der Waals surface area contributed by atoms with Crippen molar-refractivity contribution >= 4 is 46.0 Å². The van der Waals surface area contributed by atoms with Crippen LogP contribution in [0.15, 0.2) is 34.7 Å². The number of benzene rings is 1. The van der Waals surface area contributed by atoms with Gasteiger partial charge >= 0.3 is 11.9 Å². The number of carbonyl (C=O) groups excluding carboxylic acids is 2. The van der Waals surface area contributed by atoms with Crippen LogP contribution in [0.1, 0.15) is 16.1 Å². The second-order valence-electron chi connectivity index (χ2n) is 4.48. The van der Waals surface area contributed by atoms with Gasteiger partial charge in [-0.25, -0.2) is 4.79 Å². The molecule has 0 atom stereocenters. The van der Waals surface area contributed by atoms with Crippen molar-refractivity contribution in [1.29, 1.82) is 0 Å². The van der Waals surface area contributed by atoms with Crippen LogP contribution in [0.5, 0.6) is 0 Å². The number of hydrogen-bond donors (Lipinski definition) is 1. The van der Waals surface area contributed by atoms with Crippen LogP contribution >= 0.6 is 22.6 Å². The highest BCUT2D eigenvalue weighted by atomic mass is 127. The minimum absolute atomic E-state index is 0.338. The summed E-state index contributed by atoms with van der Waals surface area (Å²) in [5.41, 5.74) is 1.48. The van der Waals surface area contributed by atoms with E-state index in [1.807, 2.05) is 19.1 Å². The monoisotopic (exact) mass is 430 g/mol. The van der Waals surface area contributed by atoms with Crippen molar-refractivity contribution in [2.75, 3.05) is 11.9 Å². The number of nitrogens with one attached hydrogen (secondary N) is 1. The first-order chi connectivity index (χ1) is 10.9. The van der Waals surface area contributed by atoms with E-state index in [0.717, 1.165) is 21.3 Å². The molecule has 1 aromatic heterocycles. The van der Waals surface area contributed by atoms with E-state index in [1.165, 1.54) is 0 Å². The molecule has 0 spiro atoms. The molecule has 0 aliphatic heterocycles. The maximum atomic E-state index is 11.8. The zero-order valence-electron chi connectivity index (χ0n) is 11.9. The molecule has 1 heterocycles. The average molecular weight is 430 g/mol. The van der Waals surface area contributed by atoms with Gasteiger partial charge in [-0.2, -0.15) is 0 Å². The lowest BCUT2D eigenvalue weighted by molar-refractivity contribution is -0.402. The summed E-state index contributed by atoms with van der Waals surface area (Å²) in [6, 6.07) is 7.61. The standard InChI is InChI=1S/C14H11IN2O6/c1-8-6-9(15)2-3-10(8)16-12(18)7-22-14(19)11-4-5-13(23-11)17(20)21/h2-6H,7H2,1H3,(H,16,18). The molecule has 0 bridgehead atoms. The molecule has 0 fully saturated rings. The number of halogens is 1. The largest absolute Gasteiger partial charge is 0.450 e. The molecule has 23 heavy (non-hydrogen) atoms. The summed E-state index contributed by atoms with van der Waals surface area (Å²) in [6.07, 6.45) is 0. The molecule has 2 rings (SSSR count). The molecule has 8 nitrogen and oxygen atoms in total. The first-order valence-corrected chi connectivity index (χ1v) is 7.42. The van der Waals surface area contributed by atoms with Crippen LogP contribution in [0.3, 0.4) is 0 Å². The Morgan fingerprint density at radius 2 is 2.09 bits per heavy atom. The van der Waals surface area contributed by atoms with E-state index in [2.05, 4.69) is 32.3 Å². The molecule has 1 aromatic carbocycles. The molecule has 120 valence electrons. The zero-order chi connectivity index (χ0) is 17.0. The lowest BCUT2D eigenvalue weighted by Gasteiger charge is -2.08. The molecular weight excluding hydrogens is 419 g/mol. The summed E-state index contributed by atoms with van der Waals surface area (Å²) in [7, 11) is 0. The van der Waals surface area contributed by atoms with Gasteiger partial charge in [0.05, 0.1) is 6.07 Å². The highest BCUT2D eigenvalue weighted by Gasteiger charge is 2.19. The number of carbonyl (C=O) groups is 2. The van der Waals surface area contributed by atoms with Crippen molar-refractivity contribution in [3.63, 3.8) is 0 Å². The average Bonchev–Trinajstić information content (AvgIpc) is 2.98. The minimum Gasteiger partial charge on any atom is -0.450 e. The van der Waals surface area contributed by atoms with Gasteiger partial charge in [0.1, 0.15) is 4.92 Å². The quantitative estimate of drug-likeness (QED) is 0.338. The molecule has 0 saturated carbocycles. The van der Waals surface area contributed by atoms with Crippen LogP contribution in [0, 0.1) is 20.6 Å². The van der Waals surface area contributed by atoms with Gasteiger partial charge in [-0.05, 0) is 59.3 Å². The molecular formula is C14H11IN2O6. The highest BCUT2D eigenvalue weighted by molar-refractivity contribution is 14.1. The Bertz CT molecular complexity index is 770. The smallest absolute Gasteiger partial charge is 0.433 e. The molecule has 0 saturated heterocycles. The Morgan fingerprint density at radius 1 is 1.35 bits per heavy atom. The zero-order valence-corrected chi connectivity index (χ0v) is 14.0. The normalized spacial score (nSPS) is 10.2. The molecule has 0 unspecified atom stereocenters. The van der Waals surface area contributed by atoms with Crippen molar-refractivity contribution in [2.24, 2.45) is 0 Å². The van der Waals surface area contributed by atoms with E-state index in [-0.39, 0.29) is 5.76 Å². The van der Waals surface area contributed by atoms with Gasteiger partial charge in [0.15, 0.2) is 6.61 Å². The Hall–Kier alpha value is -2.43. The third-order valence-corrected chi connectivity index (χ3v) is 3.44. The maximum absolute atomic E-state index is 11.8. The van der Waals surface area contributed by atoms with Gasteiger partial charge < -0.3 is 14.5 Å². The van der Waals surface area contributed by atoms with Crippen LogP contribution in [0.4, 0.5) is 11.6 Å². The van der Waals surface area contributed by atoms with E-state index in [1.54, 1.807) is 6.07 Å². The van der Waals surface area contributed by atoms with E-state index < -0.39 is 29.3 Å². The third kappa shape index (κ3) is 4.52. The number of nitro groups is 1. The van der Waals surface area contributed by atoms with Gasteiger partial charge in [0.2, 0.25) is 5.76 Å². The number of furan rings is 1. The predicted octanol–water partition coefficient (Wildman–Crippen LogP) is 2.90. The number of aryl methyl sites for hydroxylation is 1. The van der Waals surface area contributed by atoms with Crippen LogP contribution < -0.4 is 5.32 Å². The lowest BCUT2D eigenvalue weighted by atomic mass is 10.2. The molecule has 0 aliphatic carbocycles. The molecule has 0 aliphatic rings. The first kappa shape index (κ1) is 16.9. The Morgan fingerprint density at radius 3 is 2.70 bits per heavy atom. The summed E-state index contributed by atoms with van der Waals surface area (Å²) in [4.78, 5) is 33.1. The van der Waals surface area contributed by atoms with Gasteiger partial charge in [0.25, 0.3) is 5.91 Å². The third-order valence-electron chi connectivity index (χ3n) is 2.77. The second kappa shape index (κ2) is 7.22. The Labute approximate surface area is 144 Å². The predicted molar refractivity (Wildman–Crippen MR) is 88.2 cm³/mol. The SMILES string of the molecule is Cc1cc(I)ccc1NC(=O)COC(=O)c1ccc([N+](=O)[O-])o1. The molecule has 9 heteroatoms. The van der Waals surface area contributed by atoms with Crippen LogP contribution in [0.25, 0.3) is 0 Å². The van der Waals surface area contributed by atoms with E-state index in [0.29, 0.717) is 5.69 Å². The first-order valence-electron chi connectivity index (χ1n) is 6.34. The minimum atomic E-state index is -0.951. The summed E-state index contributed by atoms with van der Waals surface area (Å²) in [5.74, 6) is -2.39. The van der Waals surface area contributed by atoms with Crippen molar-refractivity contribution < 1.29 is 23.7 Å². The van der Waals surface area contributed by atoms with Crippen LogP contribution in [-0.2, 0) is 9.53 Å². The molecule has 1 N–H and O–H groups in total. The number of anilines is 1. The Balaban J connectivity index is 1.90. The van der Waals surface area contributed by atoms with Crippen molar-refractivity contribution in [3.8, 4) is 0 Å². The lowest BCUT2D eigenvalue weighted by Crippen LogP contribution is -2.21. The van der Waals surface area contributed by atoms with Crippen molar-refractivity contribution in [3.05, 3.63) is 55.3 Å².